The standard InChI is InChI=1S/C17H20N2O3/c1-4-9-19-16(17(20)21)10-15(18-19)13-5-7-14(8-6-13)22-11-12(2)3/h5-8,10H,2,4,9,11H2,1,3H3,(H,20,21). The molecule has 1 aromatic carbocycles. The molecule has 0 fully saturated rings. The smallest absolute Gasteiger partial charge is 0.354 e. The number of nitrogens with zero attached hydrogens (tertiary/aromatic N) is 2. The molecule has 5 heteroatoms. The summed E-state index contributed by atoms with van der Waals surface area (Å²) in [7, 11) is 0. The van der Waals surface area contributed by atoms with Crippen LogP contribution in [-0.2, 0) is 6.54 Å². The van der Waals surface area contributed by atoms with Crippen molar-refractivity contribution in [2.45, 2.75) is 26.8 Å². The minimum atomic E-state index is -0.964. The van der Waals surface area contributed by atoms with Crippen LogP contribution in [0.2, 0.25) is 0 Å². The number of hydrogen-bond acceptors (Lipinski definition) is 3. The molecule has 2 aromatic rings. The highest BCUT2D eigenvalue weighted by atomic mass is 16.5. The Morgan fingerprint density at radius 1 is 1.36 bits per heavy atom. The monoisotopic (exact) mass is 300 g/mol. The average Bonchev–Trinajstić information content (AvgIpc) is 2.90. The fraction of sp³-hybridized carbons (Fsp3) is 0.294. The summed E-state index contributed by atoms with van der Waals surface area (Å²) in [6, 6.07) is 9.03. The van der Waals surface area contributed by atoms with Gasteiger partial charge in [-0.2, -0.15) is 5.10 Å². The Bertz CT molecular complexity index is 672. The Morgan fingerprint density at radius 3 is 2.59 bits per heavy atom. The Balaban J connectivity index is 2.22. The summed E-state index contributed by atoms with van der Waals surface area (Å²) >= 11 is 0. The largest absolute Gasteiger partial charge is 0.489 e. The Labute approximate surface area is 129 Å². The van der Waals surface area contributed by atoms with Crippen molar-refractivity contribution in [3.63, 3.8) is 0 Å². The maximum atomic E-state index is 11.3. The zero-order valence-electron chi connectivity index (χ0n) is 12.9. The second-order valence-electron chi connectivity index (χ2n) is 5.21. The van der Waals surface area contributed by atoms with Gasteiger partial charge in [0.2, 0.25) is 0 Å². The minimum Gasteiger partial charge on any atom is -0.489 e. The van der Waals surface area contributed by atoms with E-state index in [4.69, 9.17) is 4.74 Å². The van der Waals surface area contributed by atoms with Crippen LogP contribution >= 0.6 is 0 Å². The predicted octanol–water partition coefficient (Wildman–Crippen LogP) is 3.61. The fourth-order valence-electron chi connectivity index (χ4n) is 2.04. The maximum Gasteiger partial charge on any atom is 0.354 e. The molecule has 0 spiro atoms. The highest BCUT2D eigenvalue weighted by Gasteiger charge is 2.14. The van der Waals surface area contributed by atoms with E-state index in [0.29, 0.717) is 18.8 Å². The lowest BCUT2D eigenvalue weighted by atomic mass is 10.1. The maximum absolute atomic E-state index is 11.3. The molecule has 1 aromatic heterocycles. The molecule has 1 N–H and O–H groups in total. The van der Waals surface area contributed by atoms with E-state index in [1.54, 1.807) is 6.07 Å². The number of carboxylic acids is 1. The Morgan fingerprint density at radius 2 is 2.05 bits per heavy atom. The van der Waals surface area contributed by atoms with Crippen LogP contribution in [0.5, 0.6) is 5.75 Å². The van der Waals surface area contributed by atoms with E-state index in [9.17, 15) is 9.90 Å². The molecule has 0 bridgehead atoms. The number of carbonyl (C=O) groups is 1. The molecule has 116 valence electrons. The third-order valence-corrected chi connectivity index (χ3v) is 3.07. The van der Waals surface area contributed by atoms with Crippen LogP contribution in [0.15, 0.2) is 42.5 Å². The molecule has 0 aliphatic rings. The van der Waals surface area contributed by atoms with Crippen LogP contribution in [0.1, 0.15) is 30.8 Å². The van der Waals surface area contributed by atoms with Gasteiger partial charge in [0.1, 0.15) is 18.1 Å². The number of benzene rings is 1. The van der Waals surface area contributed by atoms with Crippen molar-refractivity contribution in [1.82, 2.24) is 9.78 Å². The summed E-state index contributed by atoms with van der Waals surface area (Å²) in [5, 5.41) is 13.6. The summed E-state index contributed by atoms with van der Waals surface area (Å²) in [6.45, 7) is 8.74. The second kappa shape index (κ2) is 6.93. The number of aromatic nitrogens is 2. The molecular weight excluding hydrogens is 280 g/mol. The van der Waals surface area contributed by atoms with E-state index in [0.717, 1.165) is 23.3 Å². The molecule has 0 saturated heterocycles. The normalized spacial score (nSPS) is 10.5. The number of hydrogen-bond donors (Lipinski definition) is 1. The number of rotatable bonds is 7. The molecule has 0 saturated carbocycles. The SMILES string of the molecule is C=C(C)COc1ccc(-c2cc(C(=O)O)n(CCC)n2)cc1. The van der Waals surface area contributed by atoms with Crippen molar-refractivity contribution in [2.75, 3.05) is 6.61 Å². The van der Waals surface area contributed by atoms with Crippen molar-refractivity contribution < 1.29 is 14.6 Å². The van der Waals surface area contributed by atoms with Crippen LogP contribution < -0.4 is 4.74 Å². The fourth-order valence-corrected chi connectivity index (χ4v) is 2.04. The highest BCUT2D eigenvalue weighted by Crippen LogP contribution is 2.23. The number of aromatic carboxylic acids is 1. The summed E-state index contributed by atoms with van der Waals surface area (Å²) in [5.41, 5.74) is 2.67. The summed E-state index contributed by atoms with van der Waals surface area (Å²) in [6.07, 6.45) is 0.828. The summed E-state index contributed by atoms with van der Waals surface area (Å²) < 4.78 is 7.08. The molecule has 22 heavy (non-hydrogen) atoms. The van der Waals surface area contributed by atoms with Gasteiger partial charge in [0.05, 0.1) is 5.69 Å². The van der Waals surface area contributed by atoms with E-state index in [-0.39, 0.29) is 5.69 Å². The molecule has 2 rings (SSSR count). The molecule has 0 atom stereocenters. The van der Waals surface area contributed by atoms with Crippen molar-refractivity contribution in [3.05, 3.63) is 48.2 Å². The molecule has 0 radical (unpaired) electrons. The van der Waals surface area contributed by atoms with Crippen molar-refractivity contribution in [3.8, 4) is 17.0 Å². The lowest BCUT2D eigenvalue weighted by molar-refractivity contribution is 0.0683. The Hall–Kier alpha value is -2.56. The lowest BCUT2D eigenvalue weighted by Crippen LogP contribution is -2.09. The number of carboxylic acid groups (broad SMARTS) is 1. The van der Waals surface area contributed by atoms with Crippen molar-refractivity contribution in [2.24, 2.45) is 0 Å². The highest BCUT2D eigenvalue weighted by molar-refractivity contribution is 5.87. The van der Waals surface area contributed by atoms with E-state index in [1.807, 2.05) is 38.1 Å². The first-order valence-electron chi connectivity index (χ1n) is 7.20. The molecule has 1 heterocycles. The van der Waals surface area contributed by atoms with E-state index >= 15 is 0 Å². The molecule has 0 amide bonds. The van der Waals surface area contributed by atoms with E-state index in [1.165, 1.54) is 4.68 Å². The van der Waals surface area contributed by atoms with Crippen LogP contribution in [0.25, 0.3) is 11.3 Å². The topological polar surface area (TPSA) is 64.3 Å². The second-order valence-corrected chi connectivity index (χ2v) is 5.21. The quantitative estimate of drug-likeness (QED) is 0.793. The third-order valence-electron chi connectivity index (χ3n) is 3.07. The zero-order chi connectivity index (χ0) is 16.1. The van der Waals surface area contributed by atoms with Gasteiger partial charge in [0, 0.05) is 12.1 Å². The average molecular weight is 300 g/mol. The van der Waals surface area contributed by atoms with Gasteiger partial charge in [-0.15, -0.1) is 0 Å². The lowest BCUT2D eigenvalue weighted by Gasteiger charge is -2.06. The van der Waals surface area contributed by atoms with Crippen LogP contribution in [-0.4, -0.2) is 27.5 Å². The Kier molecular flexibility index (Phi) is 4.99. The number of aryl methyl sites for hydroxylation is 1. The molecule has 0 aliphatic heterocycles. The summed E-state index contributed by atoms with van der Waals surface area (Å²) in [4.78, 5) is 11.3. The van der Waals surface area contributed by atoms with Crippen LogP contribution in [0, 0.1) is 0 Å². The molecular formula is C17H20N2O3. The predicted molar refractivity (Wildman–Crippen MR) is 85.2 cm³/mol. The van der Waals surface area contributed by atoms with Gasteiger partial charge in [0.15, 0.2) is 0 Å². The van der Waals surface area contributed by atoms with Gasteiger partial charge in [-0.3, -0.25) is 4.68 Å². The molecule has 5 nitrogen and oxygen atoms in total. The van der Waals surface area contributed by atoms with Gasteiger partial charge in [0.25, 0.3) is 0 Å². The first kappa shape index (κ1) is 15.8. The van der Waals surface area contributed by atoms with Crippen molar-refractivity contribution in [1.29, 1.82) is 0 Å². The van der Waals surface area contributed by atoms with Gasteiger partial charge in [-0.1, -0.05) is 13.5 Å². The first-order valence-corrected chi connectivity index (χ1v) is 7.20. The van der Waals surface area contributed by atoms with Crippen LogP contribution in [0.3, 0.4) is 0 Å². The zero-order valence-corrected chi connectivity index (χ0v) is 12.9. The molecule has 0 aliphatic carbocycles. The summed E-state index contributed by atoms with van der Waals surface area (Å²) in [5.74, 6) is -0.216. The molecule has 0 unspecified atom stereocenters. The minimum absolute atomic E-state index is 0.208. The third kappa shape index (κ3) is 3.75. The first-order chi connectivity index (χ1) is 10.5. The van der Waals surface area contributed by atoms with Crippen molar-refractivity contribution >= 4 is 5.97 Å². The number of ether oxygens (including phenoxy) is 1. The van der Waals surface area contributed by atoms with Crippen LogP contribution in [0.4, 0.5) is 0 Å². The van der Waals surface area contributed by atoms with E-state index in [2.05, 4.69) is 11.7 Å². The van der Waals surface area contributed by atoms with Gasteiger partial charge in [-0.05, 0) is 49.2 Å². The van der Waals surface area contributed by atoms with Gasteiger partial charge < -0.3 is 9.84 Å². The van der Waals surface area contributed by atoms with E-state index < -0.39 is 5.97 Å². The van der Waals surface area contributed by atoms with Gasteiger partial charge in [-0.25, -0.2) is 4.79 Å². The van der Waals surface area contributed by atoms with Gasteiger partial charge >= 0.3 is 5.97 Å².